The lowest BCUT2D eigenvalue weighted by molar-refractivity contribution is 0.375. The number of piperidine rings is 1. The van der Waals surface area contributed by atoms with Crippen molar-refractivity contribution in [2.45, 2.75) is 25.1 Å². The van der Waals surface area contributed by atoms with Gasteiger partial charge in [0.15, 0.2) is 5.82 Å². The molecule has 18 heavy (non-hydrogen) atoms. The first-order chi connectivity index (χ1) is 8.61. The van der Waals surface area contributed by atoms with E-state index < -0.39 is 0 Å². The molecular formula is C12H17Cl2N3O. The maximum absolute atomic E-state index is 6.14. The summed E-state index contributed by atoms with van der Waals surface area (Å²) in [7, 11) is 1.55. The standard InChI is InChI=1S/C12H17Cl2N3O/c1-8(13)9-3-5-17(6-4-9)11-10(14)7-15-12(16-11)18-2/h7-9H,3-6H2,1-2H3. The number of nitrogens with zero attached hydrogens (tertiary/aromatic N) is 3. The number of hydrogen-bond donors (Lipinski definition) is 0. The first-order valence-corrected chi connectivity index (χ1v) is 6.88. The van der Waals surface area contributed by atoms with E-state index in [4.69, 9.17) is 27.9 Å². The minimum atomic E-state index is 0.225. The van der Waals surface area contributed by atoms with Gasteiger partial charge in [0, 0.05) is 18.5 Å². The number of ether oxygens (including phenoxy) is 1. The summed E-state index contributed by atoms with van der Waals surface area (Å²) in [5.41, 5.74) is 0. The van der Waals surface area contributed by atoms with Gasteiger partial charge in [-0.3, -0.25) is 0 Å². The van der Waals surface area contributed by atoms with Gasteiger partial charge in [0.1, 0.15) is 5.02 Å². The molecule has 1 aromatic heterocycles. The zero-order valence-electron chi connectivity index (χ0n) is 10.6. The van der Waals surface area contributed by atoms with E-state index >= 15 is 0 Å². The molecule has 0 N–H and O–H groups in total. The summed E-state index contributed by atoms with van der Waals surface area (Å²) in [4.78, 5) is 10.5. The van der Waals surface area contributed by atoms with E-state index in [2.05, 4.69) is 21.8 Å². The predicted molar refractivity (Wildman–Crippen MR) is 73.8 cm³/mol. The SMILES string of the molecule is COc1ncc(Cl)c(N2CCC(C(C)Cl)CC2)n1. The molecule has 1 fully saturated rings. The lowest BCUT2D eigenvalue weighted by Gasteiger charge is -2.34. The van der Waals surface area contributed by atoms with Crippen molar-refractivity contribution in [3.05, 3.63) is 11.2 Å². The highest BCUT2D eigenvalue weighted by Crippen LogP contribution is 2.30. The van der Waals surface area contributed by atoms with Crippen LogP contribution in [0.25, 0.3) is 0 Å². The van der Waals surface area contributed by atoms with Crippen molar-refractivity contribution in [3.63, 3.8) is 0 Å². The van der Waals surface area contributed by atoms with Crippen LogP contribution in [-0.2, 0) is 0 Å². The number of aromatic nitrogens is 2. The Hall–Kier alpha value is -0.740. The van der Waals surface area contributed by atoms with Gasteiger partial charge >= 0.3 is 6.01 Å². The minimum absolute atomic E-state index is 0.225. The molecule has 0 radical (unpaired) electrons. The largest absolute Gasteiger partial charge is 0.467 e. The summed E-state index contributed by atoms with van der Waals surface area (Å²) in [5.74, 6) is 1.33. The lowest BCUT2D eigenvalue weighted by Crippen LogP contribution is -2.36. The van der Waals surface area contributed by atoms with Crippen LogP contribution in [-0.4, -0.2) is 35.5 Å². The molecule has 0 aromatic carbocycles. The Morgan fingerprint density at radius 1 is 1.44 bits per heavy atom. The van der Waals surface area contributed by atoms with Crippen LogP contribution in [0.5, 0.6) is 6.01 Å². The second kappa shape index (κ2) is 5.93. The predicted octanol–water partition coefficient (Wildman–Crippen LogP) is 2.98. The molecule has 4 nitrogen and oxygen atoms in total. The molecule has 100 valence electrons. The van der Waals surface area contributed by atoms with E-state index in [0.29, 0.717) is 17.0 Å². The van der Waals surface area contributed by atoms with Crippen LogP contribution in [0.3, 0.4) is 0 Å². The van der Waals surface area contributed by atoms with Crippen LogP contribution >= 0.6 is 23.2 Å². The fourth-order valence-electron chi connectivity index (χ4n) is 2.23. The molecule has 1 atom stereocenters. The van der Waals surface area contributed by atoms with Crippen molar-refractivity contribution < 1.29 is 4.74 Å². The van der Waals surface area contributed by atoms with Crippen LogP contribution in [0.15, 0.2) is 6.20 Å². The summed E-state index contributed by atoms with van der Waals surface area (Å²) in [5, 5.41) is 0.788. The van der Waals surface area contributed by atoms with Crippen molar-refractivity contribution in [1.82, 2.24) is 9.97 Å². The first kappa shape index (κ1) is 13.7. The van der Waals surface area contributed by atoms with E-state index in [1.165, 1.54) is 0 Å². The van der Waals surface area contributed by atoms with Crippen LogP contribution < -0.4 is 9.64 Å². The van der Waals surface area contributed by atoms with Crippen LogP contribution in [0, 0.1) is 5.92 Å². The molecule has 0 amide bonds. The Morgan fingerprint density at radius 3 is 2.67 bits per heavy atom. The first-order valence-electron chi connectivity index (χ1n) is 6.07. The number of anilines is 1. The fraction of sp³-hybridized carbons (Fsp3) is 0.667. The third-order valence-electron chi connectivity index (χ3n) is 3.37. The zero-order valence-corrected chi connectivity index (χ0v) is 12.1. The second-order valence-electron chi connectivity index (χ2n) is 4.53. The smallest absolute Gasteiger partial charge is 0.318 e. The molecule has 6 heteroatoms. The molecule has 0 saturated carbocycles. The normalized spacial score (nSPS) is 18.8. The maximum atomic E-state index is 6.14. The Kier molecular flexibility index (Phi) is 4.51. The number of halogens is 2. The highest BCUT2D eigenvalue weighted by molar-refractivity contribution is 6.32. The average molecular weight is 290 g/mol. The van der Waals surface area contributed by atoms with Gasteiger partial charge in [-0.2, -0.15) is 4.98 Å². The molecule has 1 unspecified atom stereocenters. The monoisotopic (exact) mass is 289 g/mol. The van der Waals surface area contributed by atoms with Crippen LogP contribution in [0.4, 0.5) is 5.82 Å². The van der Waals surface area contributed by atoms with Crippen molar-refractivity contribution in [1.29, 1.82) is 0 Å². The quantitative estimate of drug-likeness (QED) is 0.802. The van der Waals surface area contributed by atoms with Gasteiger partial charge in [-0.05, 0) is 25.7 Å². The third-order valence-corrected chi connectivity index (χ3v) is 4.00. The highest BCUT2D eigenvalue weighted by Gasteiger charge is 2.24. The van der Waals surface area contributed by atoms with Crippen LogP contribution in [0.1, 0.15) is 19.8 Å². The summed E-state index contributed by atoms with van der Waals surface area (Å²) >= 11 is 12.3. The molecular weight excluding hydrogens is 273 g/mol. The maximum Gasteiger partial charge on any atom is 0.318 e. The van der Waals surface area contributed by atoms with E-state index in [9.17, 15) is 0 Å². The topological polar surface area (TPSA) is 38.2 Å². The molecule has 0 bridgehead atoms. The number of rotatable bonds is 3. The molecule has 0 spiro atoms. The van der Waals surface area contributed by atoms with Gasteiger partial charge in [0.25, 0.3) is 0 Å². The zero-order chi connectivity index (χ0) is 13.1. The van der Waals surface area contributed by atoms with Gasteiger partial charge in [-0.15, -0.1) is 11.6 Å². The Morgan fingerprint density at radius 2 is 2.11 bits per heavy atom. The summed E-state index contributed by atoms with van der Waals surface area (Å²) in [6.45, 7) is 3.89. The van der Waals surface area contributed by atoms with Crippen molar-refractivity contribution in [3.8, 4) is 6.01 Å². The lowest BCUT2D eigenvalue weighted by atomic mass is 9.94. The summed E-state index contributed by atoms with van der Waals surface area (Å²) < 4.78 is 5.03. The second-order valence-corrected chi connectivity index (χ2v) is 5.63. The third kappa shape index (κ3) is 2.98. The van der Waals surface area contributed by atoms with Crippen LogP contribution in [0.2, 0.25) is 5.02 Å². The fourth-order valence-corrected chi connectivity index (χ4v) is 2.70. The van der Waals surface area contributed by atoms with Gasteiger partial charge in [0.05, 0.1) is 13.3 Å². The summed E-state index contributed by atoms with van der Waals surface area (Å²) in [6, 6.07) is 0.349. The number of methoxy groups -OCH3 is 1. The van der Waals surface area contributed by atoms with Gasteiger partial charge in [-0.1, -0.05) is 11.6 Å². The van der Waals surface area contributed by atoms with Gasteiger partial charge < -0.3 is 9.64 Å². The molecule has 2 rings (SSSR count). The minimum Gasteiger partial charge on any atom is -0.467 e. The van der Waals surface area contributed by atoms with E-state index in [1.807, 2.05) is 0 Å². The molecule has 2 heterocycles. The van der Waals surface area contributed by atoms with Gasteiger partial charge in [0.2, 0.25) is 0 Å². The van der Waals surface area contributed by atoms with Crippen molar-refractivity contribution >= 4 is 29.0 Å². The van der Waals surface area contributed by atoms with Crippen molar-refractivity contribution in [2.75, 3.05) is 25.1 Å². The molecule has 1 aliphatic rings. The number of hydrogen-bond acceptors (Lipinski definition) is 4. The molecule has 1 aromatic rings. The highest BCUT2D eigenvalue weighted by atomic mass is 35.5. The number of alkyl halides is 1. The van der Waals surface area contributed by atoms with E-state index in [0.717, 1.165) is 31.7 Å². The average Bonchev–Trinajstić information content (AvgIpc) is 2.39. The van der Waals surface area contributed by atoms with E-state index in [-0.39, 0.29) is 5.38 Å². The van der Waals surface area contributed by atoms with Gasteiger partial charge in [-0.25, -0.2) is 4.98 Å². The summed E-state index contributed by atoms with van der Waals surface area (Å²) in [6.07, 6.45) is 3.71. The van der Waals surface area contributed by atoms with E-state index in [1.54, 1.807) is 13.3 Å². The Labute approximate surface area is 117 Å². The molecule has 1 aliphatic heterocycles. The molecule has 0 aliphatic carbocycles. The molecule has 1 saturated heterocycles. The Balaban J connectivity index is 2.09. The Bertz CT molecular complexity index is 406. The van der Waals surface area contributed by atoms with Crippen molar-refractivity contribution in [2.24, 2.45) is 5.92 Å².